The van der Waals surface area contributed by atoms with Gasteiger partial charge in [-0.25, -0.2) is 0 Å². The standard InChI is InChI=1S/C27H17N/c1-2-7-18(8-3-1)19-15-16-28-26(17-19)22-13-14-25-21-10-5-4-9-20(21)23-11-6-12-24(22)27(23)25/h1-17H. The first-order valence-electron chi connectivity index (χ1n) is 9.57. The Labute approximate surface area is 163 Å². The van der Waals surface area contributed by atoms with Gasteiger partial charge >= 0.3 is 0 Å². The Morgan fingerprint density at radius 2 is 1.14 bits per heavy atom. The average Bonchev–Trinajstić information content (AvgIpc) is 3.11. The van der Waals surface area contributed by atoms with E-state index in [1.165, 1.54) is 49.7 Å². The summed E-state index contributed by atoms with van der Waals surface area (Å²) in [6, 6.07) is 34.5. The molecule has 0 spiro atoms. The molecular weight excluding hydrogens is 338 g/mol. The van der Waals surface area contributed by atoms with E-state index < -0.39 is 0 Å². The summed E-state index contributed by atoms with van der Waals surface area (Å²) >= 11 is 0. The normalized spacial score (nSPS) is 11.6. The van der Waals surface area contributed by atoms with Crippen molar-refractivity contribution in [3.63, 3.8) is 0 Å². The first-order chi connectivity index (χ1) is 13.9. The molecule has 0 fully saturated rings. The highest BCUT2D eigenvalue weighted by atomic mass is 14.7. The maximum absolute atomic E-state index is 4.71. The van der Waals surface area contributed by atoms with Crippen LogP contribution >= 0.6 is 0 Å². The van der Waals surface area contributed by atoms with Crippen molar-refractivity contribution in [3.05, 3.63) is 103 Å². The first-order valence-corrected chi connectivity index (χ1v) is 9.57. The van der Waals surface area contributed by atoms with Crippen LogP contribution in [0, 0.1) is 0 Å². The van der Waals surface area contributed by atoms with E-state index in [-0.39, 0.29) is 0 Å². The molecule has 1 heteroatoms. The van der Waals surface area contributed by atoms with Crippen molar-refractivity contribution in [2.24, 2.45) is 0 Å². The average molecular weight is 355 g/mol. The van der Waals surface area contributed by atoms with Crippen LogP contribution in [-0.2, 0) is 0 Å². The van der Waals surface area contributed by atoms with Gasteiger partial charge in [0.05, 0.1) is 5.69 Å². The van der Waals surface area contributed by atoms with Crippen LogP contribution in [0.4, 0.5) is 0 Å². The molecule has 1 aromatic heterocycles. The zero-order valence-electron chi connectivity index (χ0n) is 15.3. The highest BCUT2D eigenvalue weighted by Crippen LogP contribution is 2.48. The molecule has 0 unspecified atom stereocenters. The van der Waals surface area contributed by atoms with Crippen LogP contribution in [0.2, 0.25) is 0 Å². The number of aromatic nitrogens is 1. The van der Waals surface area contributed by atoms with Gasteiger partial charge in [-0.2, -0.15) is 0 Å². The van der Waals surface area contributed by atoms with Crippen LogP contribution in [0.1, 0.15) is 0 Å². The molecule has 130 valence electrons. The summed E-state index contributed by atoms with van der Waals surface area (Å²) in [5, 5.41) is 2.61. The van der Waals surface area contributed by atoms with E-state index in [9.17, 15) is 0 Å². The number of fused-ring (bicyclic) bond motifs is 3. The van der Waals surface area contributed by atoms with Gasteiger partial charge in [0.1, 0.15) is 0 Å². The summed E-state index contributed by atoms with van der Waals surface area (Å²) in [5.41, 5.74) is 9.90. The molecule has 4 aromatic carbocycles. The minimum Gasteiger partial charge on any atom is -0.256 e. The van der Waals surface area contributed by atoms with Crippen LogP contribution < -0.4 is 0 Å². The third-order valence-electron chi connectivity index (χ3n) is 5.69. The number of rotatable bonds is 2. The van der Waals surface area contributed by atoms with E-state index in [2.05, 4.69) is 91.0 Å². The smallest absolute Gasteiger partial charge is 0.0714 e. The molecule has 1 aliphatic carbocycles. The third-order valence-corrected chi connectivity index (χ3v) is 5.69. The predicted octanol–water partition coefficient (Wildman–Crippen LogP) is 7.22. The maximum Gasteiger partial charge on any atom is 0.0714 e. The number of nitrogens with zero attached hydrogens (tertiary/aromatic N) is 1. The number of hydrogen-bond acceptors (Lipinski definition) is 1. The summed E-state index contributed by atoms with van der Waals surface area (Å²) in [7, 11) is 0. The molecule has 0 bridgehead atoms. The number of benzene rings is 4. The van der Waals surface area contributed by atoms with Gasteiger partial charge in [0.25, 0.3) is 0 Å². The minimum absolute atomic E-state index is 1.01. The lowest BCUT2D eigenvalue weighted by atomic mass is 9.95. The molecule has 0 N–H and O–H groups in total. The monoisotopic (exact) mass is 355 g/mol. The fourth-order valence-electron chi connectivity index (χ4n) is 4.42. The number of hydrogen-bond donors (Lipinski definition) is 0. The third kappa shape index (κ3) is 2.17. The van der Waals surface area contributed by atoms with Crippen molar-refractivity contribution >= 4 is 10.8 Å². The van der Waals surface area contributed by atoms with Crippen LogP contribution in [0.15, 0.2) is 103 Å². The zero-order chi connectivity index (χ0) is 18.5. The Morgan fingerprint density at radius 3 is 1.96 bits per heavy atom. The van der Waals surface area contributed by atoms with E-state index in [1.807, 2.05) is 12.3 Å². The van der Waals surface area contributed by atoms with Crippen molar-refractivity contribution in [3.8, 4) is 44.6 Å². The summed E-state index contributed by atoms with van der Waals surface area (Å²) in [6.45, 7) is 0. The summed E-state index contributed by atoms with van der Waals surface area (Å²) in [6.07, 6.45) is 1.91. The number of pyridine rings is 1. The molecule has 1 aliphatic rings. The lowest BCUT2D eigenvalue weighted by Gasteiger charge is -2.10. The molecular formula is C27H17N. The van der Waals surface area contributed by atoms with Crippen molar-refractivity contribution in [2.75, 3.05) is 0 Å². The first kappa shape index (κ1) is 15.4. The Hall–Kier alpha value is -3.71. The molecule has 1 heterocycles. The Morgan fingerprint density at radius 1 is 0.464 bits per heavy atom. The molecule has 0 saturated heterocycles. The Kier molecular flexibility index (Phi) is 3.24. The summed E-state index contributed by atoms with van der Waals surface area (Å²) in [4.78, 5) is 4.71. The van der Waals surface area contributed by atoms with E-state index in [1.54, 1.807) is 0 Å². The van der Waals surface area contributed by atoms with Crippen molar-refractivity contribution in [2.45, 2.75) is 0 Å². The van der Waals surface area contributed by atoms with Gasteiger partial charge in [0, 0.05) is 11.8 Å². The highest BCUT2D eigenvalue weighted by Gasteiger charge is 2.22. The van der Waals surface area contributed by atoms with Crippen LogP contribution in [0.5, 0.6) is 0 Å². The Bertz CT molecular complexity index is 1320. The van der Waals surface area contributed by atoms with Gasteiger partial charge < -0.3 is 0 Å². The van der Waals surface area contributed by atoms with E-state index in [0.29, 0.717) is 0 Å². The lowest BCUT2D eigenvalue weighted by molar-refractivity contribution is 1.33. The van der Waals surface area contributed by atoms with Gasteiger partial charge in [-0.1, -0.05) is 84.9 Å². The molecule has 0 aliphatic heterocycles. The zero-order valence-corrected chi connectivity index (χ0v) is 15.3. The van der Waals surface area contributed by atoms with Gasteiger partial charge in [0.15, 0.2) is 0 Å². The largest absolute Gasteiger partial charge is 0.256 e. The predicted molar refractivity (Wildman–Crippen MR) is 117 cm³/mol. The SMILES string of the molecule is c1ccc(-c2ccnc(-c3ccc4c5c(cccc35)-c3ccccc3-4)c2)cc1. The second kappa shape index (κ2) is 5.90. The van der Waals surface area contributed by atoms with E-state index in [0.717, 1.165) is 5.69 Å². The van der Waals surface area contributed by atoms with E-state index >= 15 is 0 Å². The topological polar surface area (TPSA) is 12.9 Å². The molecule has 28 heavy (non-hydrogen) atoms. The molecule has 0 saturated carbocycles. The van der Waals surface area contributed by atoms with Crippen LogP contribution in [0.25, 0.3) is 55.4 Å². The highest BCUT2D eigenvalue weighted by molar-refractivity contribution is 6.18. The van der Waals surface area contributed by atoms with Crippen molar-refractivity contribution in [1.82, 2.24) is 4.98 Å². The van der Waals surface area contributed by atoms with Gasteiger partial charge in [-0.15, -0.1) is 0 Å². The van der Waals surface area contributed by atoms with Crippen LogP contribution in [-0.4, -0.2) is 4.98 Å². The van der Waals surface area contributed by atoms with Crippen molar-refractivity contribution in [1.29, 1.82) is 0 Å². The fourth-order valence-corrected chi connectivity index (χ4v) is 4.42. The Balaban J connectivity index is 1.60. The molecule has 0 amide bonds. The molecule has 0 radical (unpaired) electrons. The molecule has 6 rings (SSSR count). The van der Waals surface area contributed by atoms with Crippen molar-refractivity contribution < 1.29 is 0 Å². The quantitative estimate of drug-likeness (QED) is 0.319. The maximum atomic E-state index is 4.71. The molecule has 0 atom stereocenters. The van der Waals surface area contributed by atoms with Crippen LogP contribution in [0.3, 0.4) is 0 Å². The second-order valence-corrected chi connectivity index (χ2v) is 7.23. The minimum atomic E-state index is 1.01. The lowest BCUT2D eigenvalue weighted by Crippen LogP contribution is -1.88. The fraction of sp³-hybridized carbons (Fsp3) is 0. The van der Waals surface area contributed by atoms with E-state index in [4.69, 9.17) is 4.98 Å². The summed E-state index contributed by atoms with van der Waals surface area (Å²) < 4.78 is 0. The molecule has 1 nitrogen and oxygen atoms in total. The van der Waals surface area contributed by atoms with Gasteiger partial charge in [0.2, 0.25) is 0 Å². The molecule has 5 aromatic rings. The van der Waals surface area contributed by atoms with Gasteiger partial charge in [-0.3, -0.25) is 4.98 Å². The van der Waals surface area contributed by atoms with Gasteiger partial charge in [-0.05, 0) is 56.3 Å². The summed E-state index contributed by atoms with van der Waals surface area (Å²) in [5.74, 6) is 0. The second-order valence-electron chi connectivity index (χ2n) is 7.23.